The number of carbonyl (C=O) groups is 1. The van der Waals surface area contributed by atoms with E-state index in [2.05, 4.69) is 5.32 Å². The van der Waals surface area contributed by atoms with E-state index < -0.39 is 0 Å². The van der Waals surface area contributed by atoms with E-state index in [0.717, 1.165) is 47.5 Å². The zero-order chi connectivity index (χ0) is 17.8. The number of benzene rings is 2. The normalized spacial score (nSPS) is 17.2. The van der Waals surface area contributed by atoms with Gasteiger partial charge >= 0.3 is 0 Å². The molecule has 0 saturated carbocycles. The van der Waals surface area contributed by atoms with Gasteiger partial charge in [0.05, 0.1) is 6.54 Å². The molecule has 0 spiro atoms. The summed E-state index contributed by atoms with van der Waals surface area (Å²) in [6.45, 7) is 5.43. The molecule has 2 aromatic carbocycles. The van der Waals surface area contributed by atoms with Crippen molar-refractivity contribution in [3.05, 3.63) is 59.2 Å². The number of nitrogens with zero attached hydrogens (tertiary/aromatic N) is 1. The Morgan fingerprint density at radius 1 is 1.16 bits per heavy atom. The predicted molar refractivity (Wildman–Crippen MR) is 101 cm³/mol. The highest BCUT2D eigenvalue weighted by molar-refractivity contribution is 5.97. The number of piperidine rings is 1. The first kappa shape index (κ1) is 17.3. The highest BCUT2D eigenvalue weighted by Gasteiger charge is 2.27. The van der Waals surface area contributed by atoms with Gasteiger partial charge in [-0.2, -0.15) is 0 Å². The fourth-order valence-electron chi connectivity index (χ4n) is 3.45. The lowest BCUT2D eigenvalue weighted by Crippen LogP contribution is -2.44. The largest absolute Gasteiger partial charge is 0.489 e. The maximum Gasteiger partial charge on any atom is 0.254 e. The minimum atomic E-state index is 0.0362. The Morgan fingerprint density at radius 3 is 2.60 bits per heavy atom. The van der Waals surface area contributed by atoms with Gasteiger partial charge in [-0.05, 0) is 49.9 Å². The fraction of sp³-hybridized carbons (Fsp3) is 0.381. The molecule has 2 aromatic rings. The Bertz CT molecular complexity index is 737. The van der Waals surface area contributed by atoms with E-state index in [0.29, 0.717) is 6.54 Å². The molecule has 1 heterocycles. The molecule has 3 rings (SSSR count). The Morgan fingerprint density at radius 2 is 1.88 bits per heavy atom. The van der Waals surface area contributed by atoms with Crippen molar-refractivity contribution in [2.75, 3.05) is 25.5 Å². The number of rotatable bonds is 4. The fourth-order valence-corrected chi connectivity index (χ4v) is 3.45. The summed E-state index contributed by atoms with van der Waals surface area (Å²) in [5.74, 6) is 0.964. The van der Waals surface area contributed by atoms with Gasteiger partial charge in [0.15, 0.2) is 0 Å². The lowest BCUT2D eigenvalue weighted by molar-refractivity contribution is 0.0536. The summed E-state index contributed by atoms with van der Waals surface area (Å²) in [5, 5.41) is 3.12. The van der Waals surface area contributed by atoms with Gasteiger partial charge in [0.25, 0.3) is 5.91 Å². The topological polar surface area (TPSA) is 41.6 Å². The quantitative estimate of drug-likeness (QED) is 0.915. The highest BCUT2D eigenvalue weighted by Crippen LogP contribution is 2.23. The first-order chi connectivity index (χ1) is 12.1. The summed E-state index contributed by atoms with van der Waals surface area (Å²) >= 11 is 0. The van der Waals surface area contributed by atoms with Crippen LogP contribution in [0.25, 0.3) is 0 Å². The van der Waals surface area contributed by atoms with Crippen molar-refractivity contribution >= 4 is 11.6 Å². The van der Waals surface area contributed by atoms with Crippen LogP contribution in [0.4, 0.5) is 5.69 Å². The molecule has 25 heavy (non-hydrogen) atoms. The molecule has 1 N–H and O–H groups in total. The van der Waals surface area contributed by atoms with Crippen LogP contribution in [-0.4, -0.2) is 37.0 Å². The number of likely N-dealkylation sites (tertiary alicyclic amines) is 1. The van der Waals surface area contributed by atoms with Crippen LogP contribution in [0.1, 0.15) is 34.3 Å². The van der Waals surface area contributed by atoms with Gasteiger partial charge in [-0.3, -0.25) is 4.79 Å². The van der Waals surface area contributed by atoms with Crippen molar-refractivity contribution in [2.24, 2.45) is 0 Å². The molecule has 1 saturated heterocycles. The Kier molecular flexibility index (Phi) is 5.27. The van der Waals surface area contributed by atoms with E-state index >= 15 is 0 Å². The van der Waals surface area contributed by atoms with E-state index in [1.165, 1.54) is 0 Å². The molecule has 0 aliphatic carbocycles. The zero-order valence-corrected chi connectivity index (χ0v) is 15.2. The number of hydrogen-bond donors (Lipinski definition) is 1. The molecule has 1 fully saturated rings. The molecule has 0 bridgehead atoms. The third-order valence-electron chi connectivity index (χ3n) is 4.79. The molecule has 4 nitrogen and oxygen atoms in total. The van der Waals surface area contributed by atoms with Gasteiger partial charge in [-0.15, -0.1) is 0 Å². The second-order valence-corrected chi connectivity index (χ2v) is 6.68. The summed E-state index contributed by atoms with van der Waals surface area (Å²) in [7, 11) is 1.89. The van der Waals surface area contributed by atoms with Gasteiger partial charge < -0.3 is 15.0 Å². The number of nitrogens with one attached hydrogen (secondary N) is 1. The molecule has 0 unspecified atom stereocenters. The van der Waals surface area contributed by atoms with Crippen LogP contribution >= 0.6 is 0 Å². The molecule has 1 aliphatic rings. The molecule has 1 aliphatic heterocycles. The number of hydrogen-bond acceptors (Lipinski definition) is 3. The van der Waals surface area contributed by atoms with E-state index in [9.17, 15) is 4.79 Å². The van der Waals surface area contributed by atoms with Gasteiger partial charge in [-0.1, -0.05) is 24.3 Å². The maximum absolute atomic E-state index is 13.0. The van der Waals surface area contributed by atoms with Crippen LogP contribution in [0, 0.1) is 13.8 Å². The smallest absolute Gasteiger partial charge is 0.254 e. The van der Waals surface area contributed by atoms with Crippen molar-refractivity contribution in [3.63, 3.8) is 0 Å². The van der Waals surface area contributed by atoms with Crippen LogP contribution in [0.3, 0.4) is 0 Å². The van der Waals surface area contributed by atoms with Crippen molar-refractivity contribution < 1.29 is 9.53 Å². The average molecular weight is 338 g/mol. The minimum absolute atomic E-state index is 0.0362. The number of anilines is 1. The summed E-state index contributed by atoms with van der Waals surface area (Å²) in [6.07, 6.45) is 1.97. The zero-order valence-electron chi connectivity index (χ0n) is 15.2. The summed E-state index contributed by atoms with van der Waals surface area (Å²) in [6, 6.07) is 13.9. The summed E-state index contributed by atoms with van der Waals surface area (Å²) in [4.78, 5) is 14.9. The second-order valence-electron chi connectivity index (χ2n) is 6.68. The molecular formula is C21H26N2O2. The Labute approximate surface area is 149 Å². The number of aryl methyl sites for hydroxylation is 2. The molecule has 0 radical (unpaired) electrons. The van der Waals surface area contributed by atoms with E-state index in [-0.39, 0.29) is 12.0 Å². The average Bonchev–Trinajstić information content (AvgIpc) is 2.62. The third kappa shape index (κ3) is 3.95. The molecule has 132 valence electrons. The van der Waals surface area contributed by atoms with E-state index in [1.807, 2.05) is 68.3 Å². The van der Waals surface area contributed by atoms with Crippen LogP contribution in [0.2, 0.25) is 0 Å². The molecule has 1 atom stereocenters. The van der Waals surface area contributed by atoms with Crippen LogP contribution in [0.5, 0.6) is 5.75 Å². The first-order valence-electron chi connectivity index (χ1n) is 8.88. The van der Waals surface area contributed by atoms with Crippen LogP contribution < -0.4 is 10.1 Å². The monoisotopic (exact) mass is 338 g/mol. The number of amides is 1. The van der Waals surface area contributed by atoms with Crippen molar-refractivity contribution in [3.8, 4) is 5.75 Å². The standard InChI is InChI=1S/C21H26N2O2/c1-15-7-4-8-16(2)20(15)21(24)23-12-6-11-19(14-23)25-18-10-5-9-17(13-18)22-3/h4-5,7-10,13,19,22H,6,11-12,14H2,1-3H3/t19-/m0/s1. The van der Waals surface area contributed by atoms with Crippen molar-refractivity contribution in [1.82, 2.24) is 4.90 Å². The van der Waals surface area contributed by atoms with E-state index in [4.69, 9.17) is 4.74 Å². The molecule has 1 amide bonds. The van der Waals surface area contributed by atoms with E-state index in [1.54, 1.807) is 0 Å². The van der Waals surface area contributed by atoms with Crippen LogP contribution in [0.15, 0.2) is 42.5 Å². The van der Waals surface area contributed by atoms with Crippen molar-refractivity contribution in [2.45, 2.75) is 32.8 Å². The summed E-state index contributed by atoms with van der Waals surface area (Å²) < 4.78 is 6.14. The lowest BCUT2D eigenvalue weighted by atomic mass is 10.00. The van der Waals surface area contributed by atoms with Crippen molar-refractivity contribution in [1.29, 1.82) is 0 Å². The Balaban J connectivity index is 1.71. The number of ether oxygens (including phenoxy) is 1. The minimum Gasteiger partial charge on any atom is -0.489 e. The molecule has 0 aromatic heterocycles. The third-order valence-corrected chi connectivity index (χ3v) is 4.79. The maximum atomic E-state index is 13.0. The van der Waals surface area contributed by atoms with Crippen LogP contribution in [-0.2, 0) is 0 Å². The SMILES string of the molecule is CNc1cccc(O[C@H]2CCCN(C(=O)c3c(C)cccc3C)C2)c1. The van der Waals surface area contributed by atoms with Gasteiger partial charge in [0.2, 0.25) is 0 Å². The lowest BCUT2D eigenvalue weighted by Gasteiger charge is -2.33. The predicted octanol–water partition coefficient (Wildman–Crippen LogP) is 4.03. The molecule has 4 heteroatoms. The number of carbonyl (C=O) groups excluding carboxylic acids is 1. The first-order valence-corrected chi connectivity index (χ1v) is 8.88. The molecular weight excluding hydrogens is 312 g/mol. The summed E-state index contributed by atoms with van der Waals surface area (Å²) in [5.41, 5.74) is 3.93. The second kappa shape index (κ2) is 7.60. The Hall–Kier alpha value is -2.49. The van der Waals surface area contributed by atoms with Gasteiger partial charge in [0.1, 0.15) is 11.9 Å². The van der Waals surface area contributed by atoms with Gasteiger partial charge in [-0.25, -0.2) is 0 Å². The van der Waals surface area contributed by atoms with Gasteiger partial charge in [0, 0.05) is 30.9 Å². The highest BCUT2D eigenvalue weighted by atomic mass is 16.5.